The van der Waals surface area contributed by atoms with Gasteiger partial charge < -0.3 is 11.1 Å². The van der Waals surface area contributed by atoms with E-state index in [0.717, 1.165) is 12.8 Å². The van der Waals surface area contributed by atoms with E-state index in [9.17, 15) is 13.2 Å². The summed E-state index contributed by atoms with van der Waals surface area (Å²) in [6.45, 7) is -0.898. The van der Waals surface area contributed by atoms with E-state index in [1.807, 2.05) is 0 Å². The Balaban J connectivity index is 2.16. The van der Waals surface area contributed by atoms with Gasteiger partial charge in [0.05, 0.1) is 6.54 Å². The van der Waals surface area contributed by atoms with Crippen LogP contribution in [-0.2, 0) is 0 Å². The lowest BCUT2D eigenvalue weighted by Gasteiger charge is -2.13. The zero-order chi connectivity index (χ0) is 9.19. The Bertz CT molecular complexity index is 146. The number of nitrogens with two attached hydrogens (primary N) is 1. The van der Waals surface area contributed by atoms with Gasteiger partial charge >= 0.3 is 6.18 Å². The topological polar surface area (TPSA) is 38.0 Å². The Morgan fingerprint density at radius 3 is 2.42 bits per heavy atom. The maximum Gasteiger partial charge on any atom is 0.401 e. The number of hydrogen-bond acceptors (Lipinski definition) is 2. The molecular formula is C7H13F3N2. The molecule has 0 spiro atoms. The lowest BCUT2D eigenvalue weighted by molar-refractivity contribution is -0.126. The molecule has 1 unspecified atom stereocenters. The lowest BCUT2D eigenvalue weighted by Crippen LogP contribution is -2.36. The van der Waals surface area contributed by atoms with Crippen molar-refractivity contribution in [2.75, 3.05) is 6.54 Å². The third-order valence-corrected chi connectivity index (χ3v) is 2.06. The highest BCUT2D eigenvalue weighted by Crippen LogP contribution is 2.19. The summed E-state index contributed by atoms with van der Waals surface area (Å²) in [6, 6.07) is 0.0392. The summed E-state index contributed by atoms with van der Waals surface area (Å²) in [5.41, 5.74) is 5.54. The molecule has 72 valence electrons. The third-order valence-electron chi connectivity index (χ3n) is 2.06. The summed E-state index contributed by atoms with van der Waals surface area (Å²) in [5, 5.41) is 2.45. The van der Waals surface area contributed by atoms with Crippen molar-refractivity contribution in [3.05, 3.63) is 0 Å². The van der Waals surface area contributed by atoms with Gasteiger partial charge in [-0.2, -0.15) is 13.2 Å². The zero-order valence-electron chi connectivity index (χ0n) is 6.69. The Hall–Kier alpha value is -0.290. The third kappa shape index (κ3) is 3.40. The van der Waals surface area contributed by atoms with E-state index in [2.05, 4.69) is 5.32 Å². The molecule has 0 saturated heterocycles. The van der Waals surface area contributed by atoms with Gasteiger partial charge in [0.1, 0.15) is 0 Å². The van der Waals surface area contributed by atoms with Crippen LogP contribution in [0.3, 0.4) is 0 Å². The van der Waals surface area contributed by atoms with E-state index in [0.29, 0.717) is 6.42 Å². The second-order valence-corrected chi connectivity index (χ2v) is 3.27. The minimum Gasteiger partial charge on any atom is -0.328 e. The highest BCUT2D eigenvalue weighted by atomic mass is 19.4. The van der Waals surface area contributed by atoms with Crippen molar-refractivity contribution in [3.8, 4) is 0 Å². The van der Waals surface area contributed by atoms with Crippen LogP contribution in [-0.4, -0.2) is 24.8 Å². The summed E-state index contributed by atoms with van der Waals surface area (Å²) < 4.78 is 35.1. The van der Waals surface area contributed by atoms with Crippen LogP contribution >= 0.6 is 0 Å². The van der Waals surface area contributed by atoms with E-state index in [1.54, 1.807) is 0 Å². The van der Waals surface area contributed by atoms with E-state index >= 15 is 0 Å². The molecule has 0 aromatic rings. The molecule has 0 heterocycles. The molecule has 5 heteroatoms. The minimum atomic E-state index is -4.10. The molecule has 2 nitrogen and oxygen atoms in total. The van der Waals surface area contributed by atoms with Gasteiger partial charge in [0.2, 0.25) is 0 Å². The molecule has 0 aromatic carbocycles. The Morgan fingerprint density at radius 2 is 2.00 bits per heavy atom. The van der Waals surface area contributed by atoms with Crippen molar-refractivity contribution >= 4 is 0 Å². The van der Waals surface area contributed by atoms with Crippen molar-refractivity contribution in [3.63, 3.8) is 0 Å². The predicted molar refractivity (Wildman–Crippen MR) is 39.7 cm³/mol. The zero-order valence-corrected chi connectivity index (χ0v) is 6.69. The molecule has 1 fully saturated rings. The van der Waals surface area contributed by atoms with Crippen LogP contribution in [0.4, 0.5) is 13.2 Å². The van der Waals surface area contributed by atoms with Gasteiger partial charge in [-0.15, -0.1) is 0 Å². The summed E-state index contributed by atoms with van der Waals surface area (Å²) in [4.78, 5) is 0. The standard InChI is InChI=1S/C7H13F3N2/c8-7(9,10)4-12-6-2-1-5(11)3-6/h5-6,12H,1-4,11H2/t5?,6-/m1/s1. The monoisotopic (exact) mass is 182 g/mol. The first kappa shape index (κ1) is 9.80. The number of hydrogen-bond donors (Lipinski definition) is 2. The summed E-state index contributed by atoms with van der Waals surface area (Å²) in [6.07, 6.45) is -1.85. The molecule has 2 atom stereocenters. The summed E-state index contributed by atoms with van der Waals surface area (Å²) in [7, 11) is 0. The Morgan fingerprint density at radius 1 is 1.33 bits per heavy atom. The fourth-order valence-electron chi connectivity index (χ4n) is 1.46. The Labute approximate surface area is 69.3 Å². The van der Waals surface area contributed by atoms with Gasteiger partial charge in [0.15, 0.2) is 0 Å². The van der Waals surface area contributed by atoms with Gasteiger partial charge in [-0.25, -0.2) is 0 Å². The number of nitrogens with one attached hydrogen (secondary N) is 1. The smallest absolute Gasteiger partial charge is 0.328 e. The first-order valence-electron chi connectivity index (χ1n) is 4.03. The van der Waals surface area contributed by atoms with Crippen LogP contribution in [0.2, 0.25) is 0 Å². The van der Waals surface area contributed by atoms with E-state index < -0.39 is 12.7 Å². The van der Waals surface area contributed by atoms with Gasteiger partial charge in [0.25, 0.3) is 0 Å². The molecule has 0 aliphatic heterocycles. The van der Waals surface area contributed by atoms with Crippen LogP contribution < -0.4 is 11.1 Å². The van der Waals surface area contributed by atoms with Gasteiger partial charge in [-0.1, -0.05) is 0 Å². The van der Waals surface area contributed by atoms with E-state index in [4.69, 9.17) is 5.73 Å². The van der Waals surface area contributed by atoms with E-state index in [-0.39, 0.29) is 12.1 Å². The molecule has 3 N–H and O–H groups in total. The largest absolute Gasteiger partial charge is 0.401 e. The molecule has 1 aliphatic rings. The summed E-state index contributed by atoms with van der Waals surface area (Å²) >= 11 is 0. The average molecular weight is 182 g/mol. The quantitative estimate of drug-likeness (QED) is 0.669. The van der Waals surface area contributed by atoms with Crippen molar-refractivity contribution < 1.29 is 13.2 Å². The van der Waals surface area contributed by atoms with E-state index in [1.165, 1.54) is 0 Å². The van der Waals surface area contributed by atoms with Crippen LogP contribution in [0, 0.1) is 0 Å². The van der Waals surface area contributed by atoms with Crippen LogP contribution in [0.5, 0.6) is 0 Å². The molecule has 12 heavy (non-hydrogen) atoms. The number of halogens is 3. The number of rotatable bonds is 2. The SMILES string of the molecule is NC1CC[C@@H](NCC(F)(F)F)C1. The average Bonchev–Trinajstić information content (AvgIpc) is 2.30. The minimum absolute atomic E-state index is 0.0402. The van der Waals surface area contributed by atoms with Gasteiger partial charge in [-0.3, -0.25) is 0 Å². The normalized spacial score (nSPS) is 31.0. The maximum atomic E-state index is 11.7. The highest BCUT2D eigenvalue weighted by molar-refractivity contribution is 4.83. The first-order chi connectivity index (χ1) is 5.47. The van der Waals surface area contributed by atoms with Crippen molar-refractivity contribution in [2.45, 2.75) is 37.5 Å². The molecule has 0 bridgehead atoms. The molecule has 0 amide bonds. The van der Waals surface area contributed by atoms with Crippen molar-refractivity contribution in [2.24, 2.45) is 5.73 Å². The molecule has 0 radical (unpaired) electrons. The maximum absolute atomic E-state index is 11.7. The molecule has 1 saturated carbocycles. The molecule has 1 rings (SSSR count). The van der Waals surface area contributed by atoms with Crippen LogP contribution in [0.1, 0.15) is 19.3 Å². The van der Waals surface area contributed by atoms with Gasteiger partial charge in [-0.05, 0) is 19.3 Å². The van der Waals surface area contributed by atoms with Crippen LogP contribution in [0.15, 0.2) is 0 Å². The fourth-order valence-corrected chi connectivity index (χ4v) is 1.46. The predicted octanol–water partition coefficient (Wildman–Crippen LogP) is 1.02. The van der Waals surface area contributed by atoms with Crippen LogP contribution in [0.25, 0.3) is 0 Å². The second-order valence-electron chi connectivity index (χ2n) is 3.27. The van der Waals surface area contributed by atoms with Crippen molar-refractivity contribution in [1.82, 2.24) is 5.32 Å². The molecule has 1 aliphatic carbocycles. The number of alkyl halides is 3. The molecule has 0 aromatic heterocycles. The lowest BCUT2D eigenvalue weighted by atomic mass is 10.2. The Kier molecular flexibility index (Phi) is 2.95. The highest BCUT2D eigenvalue weighted by Gasteiger charge is 2.30. The fraction of sp³-hybridized carbons (Fsp3) is 1.00. The van der Waals surface area contributed by atoms with Crippen molar-refractivity contribution in [1.29, 1.82) is 0 Å². The molecular weight excluding hydrogens is 169 g/mol. The second kappa shape index (κ2) is 3.62. The van der Waals surface area contributed by atoms with Gasteiger partial charge in [0, 0.05) is 12.1 Å². The first-order valence-corrected chi connectivity index (χ1v) is 4.03. The summed E-state index contributed by atoms with van der Waals surface area (Å²) in [5.74, 6) is 0.